The monoisotopic (exact) mass is 345 g/mol. The Morgan fingerprint density at radius 2 is 2.08 bits per heavy atom. The number of methoxy groups -OCH3 is 1. The minimum absolute atomic E-state index is 0.213. The Bertz CT molecular complexity index is 756. The van der Waals surface area contributed by atoms with Gasteiger partial charge in [0.25, 0.3) is 0 Å². The third kappa shape index (κ3) is 4.97. The number of carbonyl (C=O) groups is 2. The number of anilines is 2. The predicted octanol–water partition coefficient (Wildman–Crippen LogP) is 2.32. The number of hydrogen-bond acceptors (Lipinski definition) is 4. The van der Waals surface area contributed by atoms with E-state index in [1.165, 1.54) is 14.0 Å². The number of nitrogens with zero attached hydrogens (tertiary/aromatic N) is 3. The number of amides is 3. The number of likely N-dealkylation sites (N-methyl/N-ethyl adjacent to an activating group) is 1. The van der Waals surface area contributed by atoms with Crippen LogP contribution in [0.15, 0.2) is 30.6 Å². The minimum Gasteiger partial charge on any atom is -0.495 e. The highest BCUT2D eigenvalue weighted by atomic mass is 16.5. The number of aromatic nitrogens is 2. The molecule has 2 N–H and O–H groups in total. The molecule has 25 heavy (non-hydrogen) atoms. The number of urea groups is 1. The first-order chi connectivity index (χ1) is 11.9. The van der Waals surface area contributed by atoms with Gasteiger partial charge in [-0.2, -0.15) is 0 Å². The van der Waals surface area contributed by atoms with Gasteiger partial charge in [0.05, 0.1) is 12.8 Å². The van der Waals surface area contributed by atoms with E-state index < -0.39 is 0 Å². The molecule has 0 saturated carbocycles. The maximum absolute atomic E-state index is 12.3. The van der Waals surface area contributed by atoms with Gasteiger partial charge >= 0.3 is 6.03 Å². The van der Waals surface area contributed by atoms with Gasteiger partial charge in [0.2, 0.25) is 5.91 Å². The maximum atomic E-state index is 12.3. The van der Waals surface area contributed by atoms with E-state index in [-0.39, 0.29) is 11.9 Å². The lowest BCUT2D eigenvalue weighted by Crippen LogP contribution is -2.34. The molecule has 1 aromatic carbocycles. The van der Waals surface area contributed by atoms with Crippen molar-refractivity contribution in [2.24, 2.45) is 0 Å². The summed E-state index contributed by atoms with van der Waals surface area (Å²) in [4.78, 5) is 29.3. The predicted molar refractivity (Wildman–Crippen MR) is 95.9 cm³/mol. The topological polar surface area (TPSA) is 88.5 Å². The van der Waals surface area contributed by atoms with Gasteiger partial charge in [-0.25, -0.2) is 9.78 Å². The normalized spacial score (nSPS) is 10.2. The molecule has 0 aliphatic rings. The Kier molecular flexibility index (Phi) is 5.99. The van der Waals surface area contributed by atoms with Gasteiger partial charge < -0.3 is 24.8 Å². The molecule has 0 aliphatic heterocycles. The lowest BCUT2D eigenvalue weighted by molar-refractivity contribution is -0.114. The molecule has 2 aromatic rings. The largest absolute Gasteiger partial charge is 0.495 e. The summed E-state index contributed by atoms with van der Waals surface area (Å²) in [5.74, 6) is 1.22. The van der Waals surface area contributed by atoms with Gasteiger partial charge in [-0.3, -0.25) is 4.79 Å². The first kappa shape index (κ1) is 18.3. The summed E-state index contributed by atoms with van der Waals surface area (Å²) in [5, 5.41) is 5.48. The molecule has 0 radical (unpaired) electrons. The van der Waals surface area contributed by atoms with Gasteiger partial charge in [0.1, 0.15) is 11.6 Å². The number of ether oxygens (including phenoxy) is 1. The van der Waals surface area contributed by atoms with Crippen LogP contribution < -0.4 is 15.4 Å². The molecule has 0 unspecified atom stereocenters. The summed E-state index contributed by atoms with van der Waals surface area (Å²) in [7, 11) is 3.24. The van der Waals surface area contributed by atoms with Crippen LogP contribution in [0.5, 0.6) is 5.75 Å². The second kappa shape index (κ2) is 8.18. The quantitative estimate of drug-likeness (QED) is 0.841. The van der Waals surface area contributed by atoms with E-state index in [0.717, 1.165) is 5.82 Å². The number of imidazole rings is 1. The molecule has 0 saturated heterocycles. The van der Waals surface area contributed by atoms with Crippen LogP contribution in [0.4, 0.5) is 16.2 Å². The Morgan fingerprint density at radius 1 is 1.32 bits per heavy atom. The number of hydrogen-bond donors (Lipinski definition) is 2. The van der Waals surface area contributed by atoms with E-state index in [1.54, 1.807) is 36.3 Å². The minimum atomic E-state index is -0.239. The second-order valence-corrected chi connectivity index (χ2v) is 5.62. The molecular weight excluding hydrogens is 322 g/mol. The van der Waals surface area contributed by atoms with E-state index in [1.807, 2.05) is 17.7 Å². The third-order valence-electron chi connectivity index (χ3n) is 3.71. The summed E-state index contributed by atoms with van der Waals surface area (Å²) in [6.45, 7) is 4.53. The fourth-order valence-corrected chi connectivity index (χ4v) is 2.29. The van der Waals surface area contributed by atoms with Crippen LogP contribution in [0, 0.1) is 6.92 Å². The van der Waals surface area contributed by atoms with Crippen molar-refractivity contribution in [3.63, 3.8) is 0 Å². The number of benzene rings is 1. The van der Waals surface area contributed by atoms with Gasteiger partial charge in [-0.1, -0.05) is 0 Å². The van der Waals surface area contributed by atoms with Crippen LogP contribution in [0.2, 0.25) is 0 Å². The Balaban J connectivity index is 1.99. The number of aryl methyl sites for hydroxylation is 1. The van der Waals surface area contributed by atoms with Crippen LogP contribution in [-0.2, 0) is 11.3 Å². The second-order valence-electron chi connectivity index (χ2n) is 5.62. The van der Waals surface area contributed by atoms with Crippen molar-refractivity contribution in [3.05, 3.63) is 36.4 Å². The highest BCUT2D eigenvalue weighted by molar-refractivity contribution is 5.94. The summed E-state index contributed by atoms with van der Waals surface area (Å²) < 4.78 is 7.18. The van der Waals surface area contributed by atoms with Crippen molar-refractivity contribution >= 4 is 23.3 Å². The fourth-order valence-electron chi connectivity index (χ4n) is 2.29. The van der Waals surface area contributed by atoms with Crippen molar-refractivity contribution in [2.45, 2.75) is 20.4 Å². The molecule has 0 aliphatic carbocycles. The Hall–Kier alpha value is -3.03. The number of nitrogens with one attached hydrogen (secondary N) is 2. The van der Waals surface area contributed by atoms with Crippen LogP contribution in [0.1, 0.15) is 12.7 Å². The van der Waals surface area contributed by atoms with Crippen LogP contribution in [-0.4, -0.2) is 47.1 Å². The van der Waals surface area contributed by atoms with E-state index in [2.05, 4.69) is 15.6 Å². The number of rotatable bonds is 6. The zero-order valence-corrected chi connectivity index (χ0v) is 14.9. The summed E-state index contributed by atoms with van der Waals surface area (Å²) in [6, 6.07) is 4.83. The van der Waals surface area contributed by atoms with Crippen LogP contribution in [0.3, 0.4) is 0 Å². The van der Waals surface area contributed by atoms with E-state index in [4.69, 9.17) is 4.74 Å². The van der Waals surface area contributed by atoms with Gasteiger partial charge in [0.15, 0.2) is 0 Å². The first-order valence-electron chi connectivity index (χ1n) is 7.86. The third-order valence-corrected chi connectivity index (χ3v) is 3.71. The average molecular weight is 345 g/mol. The summed E-state index contributed by atoms with van der Waals surface area (Å²) >= 11 is 0. The average Bonchev–Trinajstić information content (AvgIpc) is 2.97. The first-order valence-corrected chi connectivity index (χ1v) is 7.86. The lowest BCUT2D eigenvalue weighted by atomic mass is 10.2. The smallest absolute Gasteiger partial charge is 0.321 e. The SMILES string of the molecule is COc1ccc(NC(=O)N(C)CCn2ccnc2C)cc1NC(C)=O. The molecule has 0 bridgehead atoms. The molecule has 3 amide bonds. The summed E-state index contributed by atoms with van der Waals surface area (Å²) in [6.07, 6.45) is 3.61. The highest BCUT2D eigenvalue weighted by Crippen LogP contribution is 2.27. The van der Waals surface area contributed by atoms with Gasteiger partial charge in [-0.05, 0) is 25.1 Å². The highest BCUT2D eigenvalue weighted by Gasteiger charge is 2.12. The zero-order valence-electron chi connectivity index (χ0n) is 14.9. The van der Waals surface area contributed by atoms with Crippen molar-refractivity contribution in [2.75, 3.05) is 31.3 Å². The van der Waals surface area contributed by atoms with Crippen LogP contribution in [0.25, 0.3) is 0 Å². The molecule has 0 fully saturated rings. The standard InChI is InChI=1S/C17H23N5O3/c1-12-18-7-8-22(12)10-9-21(3)17(24)20-14-5-6-16(25-4)15(11-14)19-13(2)23/h5-8,11H,9-10H2,1-4H3,(H,19,23)(H,20,24). The molecule has 134 valence electrons. The molecular formula is C17H23N5O3. The van der Waals surface area contributed by atoms with Gasteiger partial charge in [0, 0.05) is 45.1 Å². The van der Waals surface area contributed by atoms with Crippen molar-refractivity contribution in [3.8, 4) is 5.75 Å². The van der Waals surface area contributed by atoms with Gasteiger partial charge in [-0.15, -0.1) is 0 Å². The van der Waals surface area contributed by atoms with E-state index in [9.17, 15) is 9.59 Å². The van der Waals surface area contributed by atoms with E-state index in [0.29, 0.717) is 30.2 Å². The maximum Gasteiger partial charge on any atom is 0.321 e. The Morgan fingerprint density at radius 3 is 2.68 bits per heavy atom. The van der Waals surface area contributed by atoms with Crippen LogP contribution >= 0.6 is 0 Å². The fraction of sp³-hybridized carbons (Fsp3) is 0.353. The molecule has 0 spiro atoms. The molecule has 0 atom stereocenters. The molecule has 8 nitrogen and oxygen atoms in total. The Labute approximate surface area is 146 Å². The van der Waals surface area contributed by atoms with Crippen molar-refractivity contribution in [1.82, 2.24) is 14.5 Å². The molecule has 8 heteroatoms. The lowest BCUT2D eigenvalue weighted by Gasteiger charge is -2.19. The number of carbonyl (C=O) groups excluding carboxylic acids is 2. The van der Waals surface area contributed by atoms with Crippen molar-refractivity contribution < 1.29 is 14.3 Å². The van der Waals surface area contributed by atoms with Crippen molar-refractivity contribution in [1.29, 1.82) is 0 Å². The molecule has 1 heterocycles. The molecule has 2 rings (SSSR count). The van der Waals surface area contributed by atoms with E-state index >= 15 is 0 Å². The molecule has 1 aromatic heterocycles. The summed E-state index contributed by atoms with van der Waals surface area (Å²) in [5.41, 5.74) is 1.07. The zero-order chi connectivity index (χ0) is 18.4.